The minimum absolute atomic E-state index is 0.0232. The molecule has 0 rings (SSSR count). The quantitative estimate of drug-likeness (QED) is 0.330. The molecule has 0 aromatic heterocycles. The molecule has 5 nitrogen and oxygen atoms in total. The zero-order chi connectivity index (χ0) is 17.7. The summed E-state index contributed by atoms with van der Waals surface area (Å²) in [6, 6.07) is 0. The van der Waals surface area contributed by atoms with Gasteiger partial charge in [-0.2, -0.15) is 0 Å². The normalized spacial score (nSPS) is 12.6. The van der Waals surface area contributed by atoms with E-state index in [1.807, 2.05) is 0 Å². The molecule has 0 spiro atoms. The molecule has 0 aromatic rings. The van der Waals surface area contributed by atoms with Gasteiger partial charge in [-0.1, -0.05) is 64.7 Å². The maximum atomic E-state index is 9.68. The molecule has 5 heteroatoms. The first-order chi connectivity index (χ1) is 11.8. The molecule has 0 fully saturated rings. The fourth-order valence-corrected chi connectivity index (χ4v) is 2.46. The smallest absolute Gasteiger partial charge is 0.101 e. The second kappa shape index (κ2) is 20.8. The van der Waals surface area contributed by atoms with Crippen LogP contribution < -0.4 is 0 Å². The van der Waals surface area contributed by atoms with Gasteiger partial charge in [0.15, 0.2) is 0 Å². The van der Waals surface area contributed by atoms with Crippen LogP contribution in [0.2, 0.25) is 0 Å². The van der Waals surface area contributed by atoms with E-state index in [4.69, 9.17) is 19.3 Å². The molecule has 2 N–H and O–H groups in total. The van der Waals surface area contributed by atoms with Crippen molar-refractivity contribution in [3.8, 4) is 0 Å². The van der Waals surface area contributed by atoms with Crippen LogP contribution in [0.3, 0.4) is 0 Å². The van der Waals surface area contributed by atoms with Crippen LogP contribution in [0.5, 0.6) is 0 Å². The van der Waals surface area contributed by atoms with Crippen molar-refractivity contribution in [2.75, 3.05) is 46.2 Å². The molecular weight excluding hydrogens is 308 g/mol. The Bertz CT molecular complexity index is 226. The molecule has 24 heavy (non-hydrogen) atoms. The maximum Gasteiger partial charge on any atom is 0.101 e. The minimum atomic E-state index is -0.578. The van der Waals surface area contributed by atoms with Crippen LogP contribution in [-0.4, -0.2) is 62.6 Å². The Morgan fingerprint density at radius 2 is 1.12 bits per heavy atom. The van der Waals surface area contributed by atoms with Crippen LogP contribution in [0.25, 0.3) is 0 Å². The van der Waals surface area contributed by atoms with Gasteiger partial charge in [0.05, 0.1) is 39.6 Å². The fourth-order valence-electron chi connectivity index (χ4n) is 2.46. The number of hydrogen-bond donors (Lipinski definition) is 2. The lowest BCUT2D eigenvalue weighted by molar-refractivity contribution is -0.0344. The van der Waals surface area contributed by atoms with Crippen molar-refractivity contribution in [2.45, 2.75) is 77.2 Å². The monoisotopic (exact) mass is 348 g/mol. The zero-order valence-electron chi connectivity index (χ0n) is 15.7. The highest BCUT2D eigenvalue weighted by molar-refractivity contribution is 4.52. The lowest BCUT2D eigenvalue weighted by Gasteiger charge is -2.12. The molecule has 0 amide bonds. The van der Waals surface area contributed by atoms with Crippen LogP contribution in [0.15, 0.2) is 0 Å². The molecule has 0 bridgehead atoms. The summed E-state index contributed by atoms with van der Waals surface area (Å²) in [4.78, 5) is 0. The molecule has 0 aliphatic heterocycles. The third kappa shape index (κ3) is 19.8. The summed E-state index contributed by atoms with van der Waals surface area (Å²) < 4.78 is 15.8. The zero-order valence-corrected chi connectivity index (χ0v) is 15.7. The largest absolute Gasteiger partial charge is 0.394 e. The SMILES string of the molecule is CCCCCCCCCCCCOCC(O)COCCOCCO. The van der Waals surface area contributed by atoms with E-state index in [0.717, 1.165) is 6.42 Å². The molecule has 146 valence electrons. The predicted molar refractivity (Wildman–Crippen MR) is 97.4 cm³/mol. The third-order valence-corrected chi connectivity index (χ3v) is 3.87. The van der Waals surface area contributed by atoms with Crippen molar-refractivity contribution in [3.63, 3.8) is 0 Å². The Morgan fingerprint density at radius 3 is 1.71 bits per heavy atom. The number of aliphatic hydroxyl groups is 2. The van der Waals surface area contributed by atoms with Crippen LogP contribution in [0, 0.1) is 0 Å². The van der Waals surface area contributed by atoms with E-state index in [1.54, 1.807) is 0 Å². The maximum absolute atomic E-state index is 9.68. The number of aliphatic hydroxyl groups excluding tert-OH is 2. The molecule has 0 heterocycles. The molecular formula is C19H40O5. The first-order valence-corrected chi connectivity index (χ1v) is 9.83. The summed E-state index contributed by atoms with van der Waals surface area (Å²) in [7, 11) is 0. The van der Waals surface area contributed by atoms with Crippen LogP contribution in [-0.2, 0) is 14.2 Å². The highest BCUT2D eigenvalue weighted by Gasteiger charge is 2.04. The van der Waals surface area contributed by atoms with Crippen molar-refractivity contribution in [1.82, 2.24) is 0 Å². The summed E-state index contributed by atoms with van der Waals surface area (Å²) in [6.07, 6.45) is 12.6. The predicted octanol–water partition coefficient (Wildman–Crippen LogP) is 3.31. The van der Waals surface area contributed by atoms with Gasteiger partial charge < -0.3 is 24.4 Å². The van der Waals surface area contributed by atoms with Crippen molar-refractivity contribution < 1.29 is 24.4 Å². The molecule has 1 unspecified atom stereocenters. The Balaban J connectivity index is 3.10. The molecule has 0 saturated heterocycles. The van der Waals surface area contributed by atoms with E-state index in [-0.39, 0.29) is 13.2 Å². The first kappa shape index (κ1) is 23.8. The van der Waals surface area contributed by atoms with Crippen LogP contribution in [0.1, 0.15) is 71.1 Å². The summed E-state index contributed by atoms with van der Waals surface area (Å²) in [5, 5.41) is 18.2. The second-order valence-corrected chi connectivity index (χ2v) is 6.32. The summed E-state index contributed by atoms with van der Waals surface area (Å²) in [5.74, 6) is 0. The Kier molecular flexibility index (Phi) is 20.7. The number of ether oxygens (including phenoxy) is 3. The highest BCUT2D eigenvalue weighted by Crippen LogP contribution is 2.10. The Morgan fingerprint density at radius 1 is 0.625 bits per heavy atom. The van der Waals surface area contributed by atoms with Gasteiger partial charge in [-0.05, 0) is 6.42 Å². The highest BCUT2D eigenvalue weighted by atomic mass is 16.5. The number of unbranched alkanes of at least 4 members (excludes halogenated alkanes) is 9. The number of rotatable bonds is 20. The molecule has 0 saturated carbocycles. The average molecular weight is 349 g/mol. The summed E-state index contributed by atoms with van der Waals surface area (Å²) in [6.45, 7) is 4.78. The summed E-state index contributed by atoms with van der Waals surface area (Å²) >= 11 is 0. The van der Waals surface area contributed by atoms with Crippen molar-refractivity contribution in [1.29, 1.82) is 0 Å². The van der Waals surface area contributed by atoms with Gasteiger partial charge in [0.2, 0.25) is 0 Å². The fraction of sp³-hybridized carbons (Fsp3) is 1.00. The molecule has 0 aliphatic carbocycles. The number of hydrogen-bond acceptors (Lipinski definition) is 5. The minimum Gasteiger partial charge on any atom is -0.394 e. The lowest BCUT2D eigenvalue weighted by Crippen LogP contribution is -2.23. The Labute approximate surface area is 148 Å². The molecule has 0 aromatic carbocycles. The van der Waals surface area contributed by atoms with Crippen molar-refractivity contribution in [2.24, 2.45) is 0 Å². The van der Waals surface area contributed by atoms with Gasteiger partial charge >= 0.3 is 0 Å². The van der Waals surface area contributed by atoms with E-state index in [1.165, 1.54) is 57.8 Å². The van der Waals surface area contributed by atoms with E-state index in [9.17, 15) is 5.11 Å². The third-order valence-electron chi connectivity index (χ3n) is 3.87. The van der Waals surface area contributed by atoms with Gasteiger partial charge in [0, 0.05) is 6.61 Å². The molecule has 0 radical (unpaired) electrons. The van der Waals surface area contributed by atoms with Crippen LogP contribution >= 0.6 is 0 Å². The van der Waals surface area contributed by atoms with Gasteiger partial charge in [-0.3, -0.25) is 0 Å². The van der Waals surface area contributed by atoms with E-state index >= 15 is 0 Å². The van der Waals surface area contributed by atoms with E-state index in [2.05, 4.69) is 6.92 Å². The van der Waals surface area contributed by atoms with Gasteiger partial charge in [-0.15, -0.1) is 0 Å². The standard InChI is InChI=1S/C19H40O5/c1-2-3-4-5-6-7-8-9-10-11-13-23-17-19(21)18-24-16-15-22-14-12-20/h19-21H,2-18H2,1H3. The van der Waals surface area contributed by atoms with E-state index in [0.29, 0.717) is 33.0 Å². The Hall–Kier alpha value is -0.200. The molecule has 1 atom stereocenters. The van der Waals surface area contributed by atoms with Crippen LogP contribution in [0.4, 0.5) is 0 Å². The second-order valence-electron chi connectivity index (χ2n) is 6.32. The van der Waals surface area contributed by atoms with Gasteiger partial charge in [0.25, 0.3) is 0 Å². The molecule has 0 aliphatic rings. The van der Waals surface area contributed by atoms with Gasteiger partial charge in [-0.25, -0.2) is 0 Å². The first-order valence-electron chi connectivity index (χ1n) is 9.83. The van der Waals surface area contributed by atoms with Crippen molar-refractivity contribution >= 4 is 0 Å². The average Bonchev–Trinajstić information content (AvgIpc) is 2.59. The van der Waals surface area contributed by atoms with Gasteiger partial charge in [0.1, 0.15) is 6.10 Å². The summed E-state index contributed by atoms with van der Waals surface area (Å²) in [5.41, 5.74) is 0. The topological polar surface area (TPSA) is 68.2 Å². The van der Waals surface area contributed by atoms with E-state index < -0.39 is 6.10 Å². The van der Waals surface area contributed by atoms with Crippen molar-refractivity contribution in [3.05, 3.63) is 0 Å². The lowest BCUT2D eigenvalue weighted by atomic mass is 10.1.